The number of benzene rings is 1. The highest BCUT2D eigenvalue weighted by molar-refractivity contribution is 6.03. The standard InChI is InChI=1S/C21H21N3O5/c1-26-17-10-14(11-18(27-2)20(17)29-4)23-21(25)16-7-5-6-15(24-16)13-8-9-19(28-3)22-12-13/h5-12H,1-4H3,(H,23,25). The van der Waals surface area contributed by atoms with E-state index in [0.29, 0.717) is 34.5 Å². The van der Waals surface area contributed by atoms with E-state index >= 15 is 0 Å². The van der Waals surface area contributed by atoms with Crippen LogP contribution in [-0.4, -0.2) is 44.3 Å². The fraction of sp³-hybridized carbons (Fsp3) is 0.190. The van der Waals surface area contributed by atoms with Crippen LogP contribution in [0.25, 0.3) is 11.3 Å². The lowest BCUT2D eigenvalue weighted by Gasteiger charge is -2.14. The maximum Gasteiger partial charge on any atom is 0.274 e. The predicted octanol–water partition coefficient (Wildman–Crippen LogP) is 3.43. The molecule has 8 heteroatoms. The van der Waals surface area contributed by atoms with Gasteiger partial charge in [0.05, 0.1) is 34.1 Å². The molecule has 0 unspecified atom stereocenters. The van der Waals surface area contributed by atoms with E-state index < -0.39 is 0 Å². The molecule has 0 saturated carbocycles. The molecule has 0 aliphatic carbocycles. The van der Waals surface area contributed by atoms with E-state index in [1.807, 2.05) is 6.07 Å². The molecule has 0 radical (unpaired) electrons. The van der Waals surface area contributed by atoms with E-state index in [0.717, 1.165) is 5.56 Å². The third-order valence-electron chi connectivity index (χ3n) is 4.15. The molecule has 2 heterocycles. The van der Waals surface area contributed by atoms with Crippen LogP contribution in [0.2, 0.25) is 0 Å². The fourth-order valence-corrected chi connectivity index (χ4v) is 2.72. The van der Waals surface area contributed by atoms with Crippen molar-refractivity contribution in [2.75, 3.05) is 33.8 Å². The number of rotatable bonds is 7. The lowest BCUT2D eigenvalue weighted by molar-refractivity contribution is 0.102. The van der Waals surface area contributed by atoms with E-state index in [-0.39, 0.29) is 11.6 Å². The number of ether oxygens (including phenoxy) is 4. The molecule has 8 nitrogen and oxygen atoms in total. The van der Waals surface area contributed by atoms with Gasteiger partial charge in [-0.05, 0) is 18.2 Å². The van der Waals surface area contributed by atoms with Crippen LogP contribution in [0.1, 0.15) is 10.5 Å². The number of pyridine rings is 2. The third-order valence-corrected chi connectivity index (χ3v) is 4.15. The number of anilines is 1. The molecular formula is C21H21N3O5. The molecule has 0 aliphatic rings. The van der Waals surface area contributed by atoms with Crippen LogP contribution in [0.15, 0.2) is 48.7 Å². The van der Waals surface area contributed by atoms with Crippen molar-refractivity contribution in [3.63, 3.8) is 0 Å². The maximum atomic E-state index is 12.7. The summed E-state index contributed by atoms with van der Waals surface area (Å²) in [5, 5.41) is 2.80. The van der Waals surface area contributed by atoms with Gasteiger partial charge >= 0.3 is 0 Å². The Kier molecular flexibility index (Phi) is 6.13. The van der Waals surface area contributed by atoms with Gasteiger partial charge in [-0.3, -0.25) is 4.79 Å². The second-order valence-electron chi connectivity index (χ2n) is 5.87. The van der Waals surface area contributed by atoms with Gasteiger partial charge in [0, 0.05) is 35.6 Å². The summed E-state index contributed by atoms with van der Waals surface area (Å²) in [5.74, 6) is 1.45. The molecular weight excluding hydrogens is 374 g/mol. The minimum absolute atomic E-state index is 0.257. The summed E-state index contributed by atoms with van der Waals surface area (Å²) >= 11 is 0. The zero-order valence-electron chi connectivity index (χ0n) is 16.6. The van der Waals surface area contributed by atoms with Gasteiger partial charge in [-0.25, -0.2) is 9.97 Å². The highest BCUT2D eigenvalue weighted by Gasteiger charge is 2.16. The lowest BCUT2D eigenvalue weighted by Crippen LogP contribution is -2.14. The quantitative estimate of drug-likeness (QED) is 0.655. The Labute approximate surface area is 168 Å². The van der Waals surface area contributed by atoms with Crippen LogP contribution in [-0.2, 0) is 0 Å². The first kappa shape index (κ1) is 19.9. The number of carbonyl (C=O) groups excluding carboxylic acids is 1. The summed E-state index contributed by atoms with van der Waals surface area (Å²) in [6, 6.07) is 12.1. The van der Waals surface area contributed by atoms with Gasteiger partial charge in [0.15, 0.2) is 11.5 Å². The molecule has 0 atom stereocenters. The normalized spacial score (nSPS) is 10.2. The van der Waals surface area contributed by atoms with Crippen molar-refractivity contribution in [1.29, 1.82) is 0 Å². The Bertz CT molecular complexity index is 980. The molecule has 150 valence electrons. The minimum atomic E-state index is -0.373. The van der Waals surface area contributed by atoms with Crippen LogP contribution in [0.5, 0.6) is 23.1 Å². The molecule has 0 spiro atoms. The number of amides is 1. The van der Waals surface area contributed by atoms with Gasteiger partial charge in [0.2, 0.25) is 11.6 Å². The average molecular weight is 395 g/mol. The van der Waals surface area contributed by atoms with Gasteiger partial charge < -0.3 is 24.3 Å². The van der Waals surface area contributed by atoms with E-state index in [2.05, 4.69) is 15.3 Å². The molecule has 1 N–H and O–H groups in total. The van der Waals surface area contributed by atoms with Crippen LogP contribution in [0.3, 0.4) is 0 Å². The summed E-state index contributed by atoms with van der Waals surface area (Å²) in [6.07, 6.45) is 1.64. The van der Waals surface area contributed by atoms with Gasteiger partial charge in [0.25, 0.3) is 5.91 Å². The molecule has 0 fully saturated rings. The molecule has 2 aromatic heterocycles. The van der Waals surface area contributed by atoms with Crippen molar-refractivity contribution in [2.45, 2.75) is 0 Å². The molecule has 1 amide bonds. The molecule has 3 rings (SSSR count). The Hall–Kier alpha value is -3.81. The maximum absolute atomic E-state index is 12.7. The van der Waals surface area contributed by atoms with Gasteiger partial charge in [0.1, 0.15) is 5.69 Å². The van der Waals surface area contributed by atoms with Crippen LogP contribution >= 0.6 is 0 Å². The molecule has 0 aliphatic heterocycles. The third kappa shape index (κ3) is 4.37. The van der Waals surface area contributed by atoms with E-state index in [1.54, 1.807) is 49.7 Å². The van der Waals surface area contributed by atoms with Crippen molar-refractivity contribution < 1.29 is 23.7 Å². The van der Waals surface area contributed by atoms with Crippen molar-refractivity contribution in [3.8, 4) is 34.4 Å². The summed E-state index contributed by atoms with van der Waals surface area (Å²) in [7, 11) is 6.09. The number of aromatic nitrogens is 2. The zero-order valence-corrected chi connectivity index (χ0v) is 16.6. The number of hydrogen-bond donors (Lipinski definition) is 1. The first-order chi connectivity index (χ1) is 14.1. The monoisotopic (exact) mass is 395 g/mol. The largest absolute Gasteiger partial charge is 0.493 e. The van der Waals surface area contributed by atoms with Crippen molar-refractivity contribution >= 4 is 11.6 Å². The number of hydrogen-bond acceptors (Lipinski definition) is 7. The second-order valence-corrected chi connectivity index (χ2v) is 5.87. The zero-order chi connectivity index (χ0) is 20.8. The Balaban J connectivity index is 1.86. The average Bonchev–Trinajstić information content (AvgIpc) is 2.78. The smallest absolute Gasteiger partial charge is 0.274 e. The SMILES string of the molecule is COc1ccc(-c2cccc(C(=O)Nc3cc(OC)c(OC)c(OC)c3)n2)cn1. The van der Waals surface area contributed by atoms with E-state index in [9.17, 15) is 4.79 Å². The first-order valence-electron chi connectivity index (χ1n) is 8.68. The molecule has 0 bridgehead atoms. The van der Waals surface area contributed by atoms with Gasteiger partial charge in [-0.15, -0.1) is 0 Å². The minimum Gasteiger partial charge on any atom is -0.493 e. The van der Waals surface area contributed by atoms with Crippen LogP contribution in [0, 0.1) is 0 Å². The van der Waals surface area contributed by atoms with Crippen molar-refractivity contribution in [3.05, 3.63) is 54.4 Å². The van der Waals surface area contributed by atoms with Crippen LogP contribution < -0.4 is 24.3 Å². The summed E-state index contributed by atoms with van der Waals surface area (Å²) in [5.41, 5.74) is 2.14. The molecule has 0 saturated heterocycles. The lowest BCUT2D eigenvalue weighted by atomic mass is 10.1. The van der Waals surface area contributed by atoms with E-state index in [4.69, 9.17) is 18.9 Å². The topological polar surface area (TPSA) is 91.8 Å². The Morgan fingerprint density at radius 2 is 1.62 bits per heavy atom. The number of nitrogens with one attached hydrogen (secondary N) is 1. The molecule has 1 aromatic carbocycles. The van der Waals surface area contributed by atoms with Crippen LogP contribution in [0.4, 0.5) is 5.69 Å². The Morgan fingerprint density at radius 1 is 0.897 bits per heavy atom. The van der Waals surface area contributed by atoms with Gasteiger partial charge in [-0.1, -0.05) is 6.07 Å². The summed E-state index contributed by atoms with van der Waals surface area (Å²) in [6.45, 7) is 0. The molecule has 29 heavy (non-hydrogen) atoms. The fourth-order valence-electron chi connectivity index (χ4n) is 2.72. The highest BCUT2D eigenvalue weighted by atomic mass is 16.5. The second kappa shape index (κ2) is 8.92. The summed E-state index contributed by atoms with van der Waals surface area (Å²) in [4.78, 5) is 21.3. The predicted molar refractivity (Wildman–Crippen MR) is 108 cm³/mol. The number of methoxy groups -OCH3 is 4. The summed E-state index contributed by atoms with van der Waals surface area (Å²) < 4.78 is 21.0. The number of nitrogens with zero attached hydrogens (tertiary/aromatic N) is 2. The van der Waals surface area contributed by atoms with Gasteiger partial charge in [-0.2, -0.15) is 0 Å². The van der Waals surface area contributed by atoms with Crippen molar-refractivity contribution in [1.82, 2.24) is 9.97 Å². The highest BCUT2D eigenvalue weighted by Crippen LogP contribution is 2.40. The van der Waals surface area contributed by atoms with E-state index in [1.165, 1.54) is 21.3 Å². The molecule has 3 aromatic rings. The number of carbonyl (C=O) groups is 1. The Morgan fingerprint density at radius 3 is 2.17 bits per heavy atom. The first-order valence-corrected chi connectivity index (χ1v) is 8.68. The van der Waals surface area contributed by atoms with Crippen molar-refractivity contribution in [2.24, 2.45) is 0 Å².